The highest BCUT2D eigenvalue weighted by Crippen LogP contribution is 2.39. The molecule has 7 aromatic rings. The average molecular weight is 412 g/mol. The van der Waals surface area contributed by atoms with Crippen LogP contribution in [0, 0.1) is 0 Å². The number of hydrogen-bond donors (Lipinski definition) is 0. The van der Waals surface area contributed by atoms with Crippen molar-refractivity contribution in [1.82, 2.24) is 29.1 Å². The van der Waals surface area contributed by atoms with Crippen LogP contribution in [-0.2, 0) is 0 Å². The van der Waals surface area contributed by atoms with Gasteiger partial charge in [0.2, 0.25) is 5.95 Å². The molecule has 6 heteroatoms. The van der Waals surface area contributed by atoms with Crippen molar-refractivity contribution in [2.45, 2.75) is 0 Å². The Bertz CT molecular complexity index is 1630. The Labute approximate surface area is 182 Å². The first-order valence-corrected chi connectivity index (χ1v) is 10.4. The van der Waals surface area contributed by atoms with Crippen LogP contribution >= 0.6 is 0 Å². The van der Waals surface area contributed by atoms with E-state index in [4.69, 9.17) is 4.98 Å². The topological polar surface area (TPSA) is 61.4 Å². The second-order valence-corrected chi connectivity index (χ2v) is 7.70. The summed E-state index contributed by atoms with van der Waals surface area (Å²) in [6, 6.07) is 27.2. The van der Waals surface area contributed by atoms with Gasteiger partial charge in [-0.05, 0) is 24.3 Å². The minimum absolute atomic E-state index is 0.574. The molecule has 0 saturated heterocycles. The Morgan fingerprint density at radius 3 is 1.97 bits per heavy atom. The van der Waals surface area contributed by atoms with Gasteiger partial charge in [-0.25, -0.2) is 15.0 Å². The number of nitrogens with zero attached hydrogens (tertiary/aromatic N) is 6. The molecule has 0 fully saturated rings. The van der Waals surface area contributed by atoms with Gasteiger partial charge in [0.05, 0.1) is 22.1 Å². The lowest BCUT2D eigenvalue weighted by Crippen LogP contribution is -2.03. The van der Waals surface area contributed by atoms with Gasteiger partial charge in [0.25, 0.3) is 0 Å². The maximum atomic E-state index is 4.94. The van der Waals surface area contributed by atoms with Crippen LogP contribution in [0.15, 0.2) is 97.7 Å². The molecule has 32 heavy (non-hydrogen) atoms. The quantitative estimate of drug-likeness (QED) is 0.378. The van der Waals surface area contributed by atoms with Crippen molar-refractivity contribution >= 4 is 43.7 Å². The molecule has 0 N–H and O–H groups in total. The van der Waals surface area contributed by atoms with Crippen LogP contribution in [-0.4, -0.2) is 29.1 Å². The van der Waals surface area contributed by atoms with Crippen molar-refractivity contribution in [2.24, 2.45) is 0 Å². The number of benzene rings is 3. The van der Waals surface area contributed by atoms with Crippen LogP contribution in [0.2, 0.25) is 0 Å². The smallest absolute Gasteiger partial charge is 0.237 e. The van der Waals surface area contributed by atoms with E-state index in [0.29, 0.717) is 5.95 Å². The summed E-state index contributed by atoms with van der Waals surface area (Å²) >= 11 is 0. The van der Waals surface area contributed by atoms with E-state index in [0.717, 1.165) is 49.4 Å². The van der Waals surface area contributed by atoms with E-state index >= 15 is 0 Å². The monoisotopic (exact) mass is 412 g/mol. The zero-order valence-electron chi connectivity index (χ0n) is 16.9. The van der Waals surface area contributed by atoms with Gasteiger partial charge in [0.15, 0.2) is 0 Å². The molecule has 0 aliphatic carbocycles. The fraction of sp³-hybridized carbons (Fsp3) is 0. The summed E-state index contributed by atoms with van der Waals surface area (Å²) in [7, 11) is 0. The van der Waals surface area contributed by atoms with E-state index in [1.807, 2.05) is 24.4 Å². The summed E-state index contributed by atoms with van der Waals surface area (Å²) in [6.45, 7) is 0. The summed E-state index contributed by atoms with van der Waals surface area (Å²) in [5.41, 5.74) is 6.23. The SMILES string of the molecule is c1ccc(-n2c3ccccc3c3cnc4c5ccccc5n(-c5ncncn5)c4c32)cc1. The minimum Gasteiger partial charge on any atom is -0.307 e. The van der Waals surface area contributed by atoms with Crippen LogP contribution in [0.25, 0.3) is 55.4 Å². The number of para-hydroxylation sites is 3. The molecule has 6 nitrogen and oxygen atoms in total. The lowest BCUT2D eigenvalue weighted by atomic mass is 10.2. The third-order valence-corrected chi connectivity index (χ3v) is 6.00. The predicted octanol–water partition coefficient (Wildman–Crippen LogP) is 5.46. The zero-order valence-corrected chi connectivity index (χ0v) is 16.9. The van der Waals surface area contributed by atoms with Gasteiger partial charge in [0, 0.05) is 28.0 Å². The van der Waals surface area contributed by atoms with Crippen LogP contribution in [0.5, 0.6) is 0 Å². The van der Waals surface area contributed by atoms with E-state index in [1.165, 1.54) is 12.7 Å². The molecule has 0 bridgehead atoms. The molecule has 0 saturated carbocycles. The van der Waals surface area contributed by atoms with Crippen molar-refractivity contribution in [3.8, 4) is 11.6 Å². The molecule has 3 aromatic carbocycles. The van der Waals surface area contributed by atoms with Gasteiger partial charge in [0.1, 0.15) is 18.2 Å². The number of fused-ring (bicyclic) bond motifs is 7. The summed E-state index contributed by atoms with van der Waals surface area (Å²) in [5, 5.41) is 3.32. The molecule has 0 aliphatic heterocycles. The molecule has 4 aromatic heterocycles. The van der Waals surface area contributed by atoms with Gasteiger partial charge in [-0.3, -0.25) is 9.55 Å². The van der Waals surface area contributed by atoms with Gasteiger partial charge < -0.3 is 4.57 Å². The number of hydrogen-bond acceptors (Lipinski definition) is 4. The summed E-state index contributed by atoms with van der Waals surface area (Å²) in [6.07, 6.45) is 5.05. The van der Waals surface area contributed by atoms with E-state index < -0.39 is 0 Å². The highest BCUT2D eigenvalue weighted by atomic mass is 15.2. The van der Waals surface area contributed by atoms with Crippen LogP contribution in [0.3, 0.4) is 0 Å². The lowest BCUT2D eigenvalue weighted by molar-refractivity contribution is 0.939. The van der Waals surface area contributed by atoms with E-state index in [2.05, 4.69) is 84.7 Å². The third kappa shape index (κ3) is 2.23. The van der Waals surface area contributed by atoms with Crippen molar-refractivity contribution in [1.29, 1.82) is 0 Å². The number of rotatable bonds is 2. The fourth-order valence-corrected chi connectivity index (χ4v) is 4.73. The molecule has 0 amide bonds. The van der Waals surface area contributed by atoms with Crippen molar-refractivity contribution in [3.05, 3.63) is 97.7 Å². The predicted molar refractivity (Wildman–Crippen MR) is 126 cm³/mol. The average Bonchev–Trinajstić information content (AvgIpc) is 3.38. The second-order valence-electron chi connectivity index (χ2n) is 7.70. The molecule has 0 unspecified atom stereocenters. The van der Waals surface area contributed by atoms with Crippen LogP contribution < -0.4 is 0 Å². The fourth-order valence-electron chi connectivity index (χ4n) is 4.73. The third-order valence-electron chi connectivity index (χ3n) is 6.00. The standard InChI is InChI=1S/C26H16N6/c1-2-8-17(9-3-1)31-21-12-6-4-10-18(21)20-14-28-23-19-11-5-7-13-22(19)32(25(23)24(20)31)26-29-15-27-16-30-26/h1-16H. The van der Waals surface area contributed by atoms with Crippen LogP contribution in [0.1, 0.15) is 0 Å². The Kier molecular flexibility index (Phi) is 3.46. The highest BCUT2D eigenvalue weighted by Gasteiger charge is 2.22. The maximum Gasteiger partial charge on any atom is 0.237 e. The lowest BCUT2D eigenvalue weighted by Gasteiger charge is -2.10. The van der Waals surface area contributed by atoms with E-state index in [1.54, 1.807) is 0 Å². The summed E-state index contributed by atoms with van der Waals surface area (Å²) < 4.78 is 4.41. The molecule has 0 aliphatic rings. The highest BCUT2D eigenvalue weighted by molar-refractivity contribution is 6.22. The van der Waals surface area contributed by atoms with Crippen LogP contribution in [0.4, 0.5) is 0 Å². The molecular formula is C26H16N6. The molecule has 0 atom stereocenters. The Hall–Kier alpha value is -4.58. The van der Waals surface area contributed by atoms with Gasteiger partial charge >= 0.3 is 0 Å². The molecule has 7 rings (SSSR count). The second kappa shape index (κ2) is 6.46. The largest absolute Gasteiger partial charge is 0.307 e. The van der Waals surface area contributed by atoms with Crippen molar-refractivity contribution in [2.75, 3.05) is 0 Å². The molecule has 0 radical (unpaired) electrons. The first kappa shape index (κ1) is 17.1. The molecule has 150 valence electrons. The Balaban J connectivity index is 1.81. The van der Waals surface area contributed by atoms with E-state index in [9.17, 15) is 0 Å². The Morgan fingerprint density at radius 2 is 1.19 bits per heavy atom. The number of pyridine rings is 1. The van der Waals surface area contributed by atoms with Crippen molar-refractivity contribution < 1.29 is 0 Å². The molecular weight excluding hydrogens is 396 g/mol. The Morgan fingerprint density at radius 1 is 0.531 bits per heavy atom. The molecule has 4 heterocycles. The maximum absolute atomic E-state index is 4.94. The first-order valence-electron chi connectivity index (χ1n) is 10.4. The minimum atomic E-state index is 0.574. The van der Waals surface area contributed by atoms with Gasteiger partial charge in [-0.1, -0.05) is 54.6 Å². The van der Waals surface area contributed by atoms with E-state index in [-0.39, 0.29) is 0 Å². The summed E-state index contributed by atoms with van der Waals surface area (Å²) in [5.74, 6) is 0.574. The first-order chi connectivity index (χ1) is 15.9. The summed E-state index contributed by atoms with van der Waals surface area (Å²) in [4.78, 5) is 17.9. The normalized spacial score (nSPS) is 11.8. The molecule has 0 spiro atoms. The van der Waals surface area contributed by atoms with Gasteiger partial charge in [-0.15, -0.1) is 0 Å². The zero-order chi connectivity index (χ0) is 21.1. The van der Waals surface area contributed by atoms with Crippen molar-refractivity contribution in [3.63, 3.8) is 0 Å². The van der Waals surface area contributed by atoms with Gasteiger partial charge in [-0.2, -0.15) is 0 Å². The number of aromatic nitrogens is 6.